The fourth-order valence-electron chi connectivity index (χ4n) is 11.2. The molecule has 0 aromatic rings. The fraction of sp³-hybridized carbons (Fsp3) is 0.873. The van der Waals surface area contributed by atoms with Crippen LogP contribution in [0.25, 0.3) is 0 Å². The van der Waals surface area contributed by atoms with Crippen LogP contribution in [0.2, 0.25) is 0 Å². The van der Waals surface area contributed by atoms with E-state index in [0.29, 0.717) is 19.3 Å². The van der Waals surface area contributed by atoms with Crippen LogP contribution in [-0.4, -0.2) is 110 Å². The Balaban J connectivity index is 2.15. The minimum Gasteiger partial charge on any atom is -0.394 e. The minimum atomic E-state index is -1.67. The summed E-state index contributed by atoms with van der Waals surface area (Å²) in [6.07, 6.45) is 66.4. The van der Waals surface area contributed by atoms with Crippen LogP contribution in [0, 0.1) is 0 Å². The van der Waals surface area contributed by atoms with Crippen molar-refractivity contribution >= 4 is 5.91 Å². The predicted molar refractivity (Wildman–Crippen MR) is 344 cm³/mol. The number of hydrogen-bond donors (Lipinski definition) is 8. The second-order valence-corrected chi connectivity index (χ2v) is 24.6. The molecular weight excluding hydrogens is 1030 g/mol. The lowest BCUT2D eigenvalue weighted by Crippen LogP contribution is -2.60. The van der Waals surface area contributed by atoms with Crippen molar-refractivity contribution in [2.45, 2.75) is 384 Å². The van der Waals surface area contributed by atoms with Gasteiger partial charge in [-0.25, -0.2) is 0 Å². The zero-order valence-corrected chi connectivity index (χ0v) is 53.2. The predicted octanol–water partition coefficient (Wildman–Crippen LogP) is 16.7. The average Bonchev–Trinajstić information content (AvgIpc) is 3.53. The summed E-state index contributed by atoms with van der Waals surface area (Å²) in [5.74, 6) is -0.708. The summed E-state index contributed by atoms with van der Waals surface area (Å²) in [6, 6.07) is -1.19. The highest BCUT2D eigenvalue weighted by molar-refractivity contribution is 5.80. The molecule has 0 bridgehead atoms. The van der Waals surface area contributed by atoms with Crippen LogP contribution >= 0.6 is 0 Å². The van der Waals surface area contributed by atoms with E-state index in [1.807, 2.05) is 0 Å². The number of unbranched alkanes of at least 4 members (excludes halogenated alkanes) is 41. The van der Waals surface area contributed by atoms with Crippen LogP contribution < -0.4 is 5.32 Å². The number of aliphatic hydroxyl groups excluding tert-OH is 7. The number of aliphatic hydroxyl groups is 7. The van der Waals surface area contributed by atoms with Crippen molar-refractivity contribution in [3.8, 4) is 0 Å². The topological polar surface area (TPSA) is 189 Å². The van der Waals surface area contributed by atoms with E-state index in [1.54, 1.807) is 0 Å². The van der Waals surface area contributed by atoms with Gasteiger partial charge in [0.1, 0.15) is 36.6 Å². The summed E-state index contributed by atoms with van der Waals surface area (Å²) in [7, 11) is 0. The molecule has 1 aliphatic heterocycles. The third-order valence-electron chi connectivity index (χ3n) is 16.8. The molecule has 0 radical (unpaired) electrons. The summed E-state index contributed by atoms with van der Waals surface area (Å²) in [4.78, 5) is 13.2. The van der Waals surface area contributed by atoms with E-state index < -0.39 is 74.2 Å². The maximum atomic E-state index is 13.2. The van der Waals surface area contributed by atoms with E-state index in [9.17, 15) is 40.5 Å². The second kappa shape index (κ2) is 59.4. The second-order valence-electron chi connectivity index (χ2n) is 24.6. The molecule has 1 amide bonds. The molecule has 9 atom stereocenters. The fourth-order valence-corrected chi connectivity index (χ4v) is 11.2. The first-order chi connectivity index (χ1) is 40.2. The Kier molecular flexibility index (Phi) is 56.6. The van der Waals surface area contributed by atoms with Crippen molar-refractivity contribution in [2.24, 2.45) is 0 Å². The van der Waals surface area contributed by atoms with Crippen molar-refractivity contribution < 1.29 is 50.0 Å². The van der Waals surface area contributed by atoms with Crippen molar-refractivity contribution in [3.63, 3.8) is 0 Å². The van der Waals surface area contributed by atoms with Crippen molar-refractivity contribution in [1.29, 1.82) is 0 Å². The molecule has 1 fully saturated rings. The van der Waals surface area contributed by atoms with Crippen LogP contribution in [0.3, 0.4) is 0 Å². The van der Waals surface area contributed by atoms with Gasteiger partial charge in [-0.05, 0) is 83.5 Å². The standard InChI is InChI=1S/C71H133NO10/c1-3-5-7-9-11-13-15-17-19-21-22-23-24-25-26-27-28-29-30-31-32-33-34-35-36-37-38-39-40-41-43-45-47-49-51-53-55-57-59-64(75)70(80)72-62(61-81-71-69(79)68(78)67(77)65(60-73)82-71)66(76)63(74)58-56-54-52-50-48-46-44-42-20-18-16-14-12-10-8-6-4-2/h28-29,31-32,42,44,50,52,62-69,71,73-79H,3-27,30,33-41,43,45-49,51,53-61H2,1-2H3,(H,72,80)/b29-28-,32-31-,44-42+,52-50+. The summed E-state index contributed by atoms with van der Waals surface area (Å²) >= 11 is 0. The molecule has 9 unspecified atom stereocenters. The molecule has 0 spiro atoms. The highest BCUT2D eigenvalue weighted by Crippen LogP contribution is 2.24. The van der Waals surface area contributed by atoms with Crippen molar-refractivity contribution in [3.05, 3.63) is 48.6 Å². The first-order valence-corrected chi connectivity index (χ1v) is 35.0. The van der Waals surface area contributed by atoms with E-state index >= 15 is 0 Å². The first kappa shape index (κ1) is 78.1. The number of ether oxygens (including phenoxy) is 2. The smallest absolute Gasteiger partial charge is 0.249 e. The molecule has 482 valence electrons. The third-order valence-corrected chi connectivity index (χ3v) is 16.8. The van der Waals surface area contributed by atoms with Crippen LogP contribution in [0.4, 0.5) is 0 Å². The van der Waals surface area contributed by atoms with Crippen LogP contribution in [0.5, 0.6) is 0 Å². The lowest BCUT2D eigenvalue weighted by molar-refractivity contribution is -0.303. The molecule has 0 aliphatic carbocycles. The van der Waals surface area contributed by atoms with E-state index in [1.165, 1.54) is 238 Å². The average molecular weight is 1160 g/mol. The Morgan fingerprint density at radius 3 is 1.16 bits per heavy atom. The molecule has 0 saturated carbocycles. The van der Waals surface area contributed by atoms with Crippen molar-refractivity contribution in [2.75, 3.05) is 13.2 Å². The van der Waals surface area contributed by atoms with Crippen LogP contribution in [-0.2, 0) is 14.3 Å². The molecule has 82 heavy (non-hydrogen) atoms. The molecule has 11 nitrogen and oxygen atoms in total. The number of nitrogens with one attached hydrogen (secondary N) is 1. The minimum absolute atomic E-state index is 0.246. The Hall–Kier alpha value is -1.93. The normalized spacial score (nSPS) is 19.4. The number of amides is 1. The Labute approximate surface area is 504 Å². The molecular formula is C71H133NO10. The van der Waals surface area contributed by atoms with Gasteiger partial charge in [-0.1, -0.05) is 294 Å². The highest BCUT2D eigenvalue weighted by Gasteiger charge is 2.44. The van der Waals surface area contributed by atoms with Gasteiger partial charge in [0.15, 0.2) is 6.29 Å². The lowest BCUT2D eigenvalue weighted by Gasteiger charge is -2.40. The third kappa shape index (κ3) is 46.3. The van der Waals surface area contributed by atoms with Gasteiger partial charge >= 0.3 is 0 Å². The van der Waals surface area contributed by atoms with Gasteiger partial charge in [-0.2, -0.15) is 0 Å². The zero-order chi connectivity index (χ0) is 59.6. The van der Waals surface area contributed by atoms with Gasteiger partial charge in [-0.3, -0.25) is 4.79 Å². The quantitative estimate of drug-likeness (QED) is 0.0215. The number of carbonyl (C=O) groups excluding carboxylic acids is 1. The molecule has 11 heteroatoms. The summed E-state index contributed by atoms with van der Waals surface area (Å²) in [5.41, 5.74) is 0. The monoisotopic (exact) mass is 1160 g/mol. The van der Waals surface area contributed by atoms with Gasteiger partial charge in [0.25, 0.3) is 0 Å². The molecule has 1 heterocycles. The summed E-state index contributed by atoms with van der Waals surface area (Å²) in [5, 5.41) is 76.3. The van der Waals surface area contributed by atoms with E-state index in [4.69, 9.17) is 9.47 Å². The zero-order valence-electron chi connectivity index (χ0n) is 53.2. The molecule has 1 aliphatic rings. The number of allylic oxidation sites excluding steroid dienone is 8. The van der Waals surface area contributed by atoms with Gasteiger partial charge in [0, 0.05) is 0 Å². The Bertz CT molecular complexity index is 1470. The lowest BCUT2D eigenvalue weighted by atomic mass is 9.98. The molecule has 1 rings (SSSR count). The van der Waals surface area contributed by atoms with Crippen LogP contribution in [0.1, 0.15) is 328 Å². The van der Waals surface area contributed by atoms with Gasteiger partial charge in [0.05, 0.1) is 25.4 Å². The van der Waals surface area contributed by atoms with E-state index in [2.05, 4.69) is 67.8 Å². The maximum Gasteiger partial charge on any atom is 0.249 e. The number of carbonyl (C=O) groups is 1. The van der Waals surface area contributed by atoms with Gasteiger partial charge < -0.3 is 50.5 Å². The molecule has 0 aromatic heterocycles. The largest absolute Gasteiger partial charge is 0.394 e. The molecule has 0 aromatic carbocycles. The number of rotatable bonds is 61. The van der Waals surface area contributed by atoms with Crippen molar-refractivity contribution in [1.82, 2.24) is 5.32 Å². The highest BCUT2D eigenvalue weighted by atomic mass is 16.7. The van der Waals surface area contributed by atoms with Gasteiger partial charge in [0.2, 0.25) is 5.91 Å². The van der Waals surface area contributed by atoms with E-state index in [0.717, 1.165) is 44.9 Å². The van der Waals surface area contributed by atoms with Gasteiger partial charge in [-0.15, -0.1) is 0 Å². The van der Waals surface area contributed by atoms with E-state index in [-0.39, 0.29) is 12.8 Å². The molecule has 8 N–H and O–H groups in total. The number of hydrogen-bond acceptors (Lipinski definition) is 10. The van der Waals surface area contributed by atoms with Crippen LogP contribution in [0.15, 0.2) is 48.6 Å². The summed E-state index contributed by atoms with van der Waals surface area (Å²) < 4.78 is 11.2. The molecule has 1 saturated heterocycles. The first-order valence-electron chi connectivity index (χ1n) is 35.0. The Morgan fingerprint density at radius 2 is 0.768 bits per heavy atom. The Morgan fingerprint density at radius 1 is 0.427 bits per heavy atom. The SMILES string of the molecule is CCCCCCCCCC/C=C/CC/C=C/CCCC(O)C(O)C(COC1OC(CO)C(O)C(O)C1O)NC(=O)C(O)CCCCCCCCCCCCCCCCCC/C=C\C/C=C\CCCCCCCCCCCCCCCCC. The summed E-state index contributed by atoms with van der Waals surface area (Å²) in [6.45, 7) is 3.47. The maximum absolute atomic E-state index is 13.2.